The number of ether oxygens (including phenoxy) is 1. The molecule has 2 aromatic rings. The van der Waals surface area contributed by atoms with E-state index >= 15 is 0 Å². The summed E-state index contributed by atoms with van der Waals surface area (Å²) in [6.45, 7) is 3.65. The standard InChI is InChI=1S/C12H13ClFN5O/c1-6(2)20-12-18-10(15)17-11(19-12)16-8-5-3-4-7(13)9(8)14/h3-6H,1-2H3,(H3,15,16,17,18,19). The molecule has 0 saturated carbocycles. The number of hydrogen-bond acceptors (Lipinski definition) is 6. The molecule has 1 aromatic carbocycles. The minimum atomic E-state index is -0.598. The molecule has 0 fully saturated rings. The van der Waals surface area contributed by atoms with Gasteiger partial charge in [-0.3, -0.25) is 0 Å². The third kappa shape index (κ3) is 3.45. The van der Waals surface area contributed by atoms with E-state index in [1.54, 1.807) is 6.07 Å². The molecule has 0 spiro atoms. The van der Waals surface area contributed by atoms with E-state index in [1.165, 1.54) is 12.1 Å². The minimum absolute atomic E-state index is 0.00400. The monoisotopic (exact) mass is 297 g/mol. The van der Waals surface area contributed by atoms with Gasteiger partial charge in [-0.05, 0) is 26.0 Å². The van der Waals surface area contributed by atoms with Crippen LogP contribution < -0.4 is 15.8 Å². The second-order valence-electron chi connectivity index (χ2n) is 4.19. The van der Waals surface area contributed by atoms with Crippen LogP contribution in [0.1, 0.15) is 13.8 Å². The molecule has 0 unspecified atom stereocenters. The first kappa shape index (κ1) is 14.3. The van der Waals surface area contributed by atoms with Crippen molar-refractivity contribution in [3.8, 4) is 6.01 Å². The summed E-state index contributed by atoms with van der Waals surface area (Å²) < 4.78 is 19.1. The second kappa shape index (κ2) is 5.87. The Balaban J connectivity index is 2.29. The quantitative estimate of drug-likeness (QED) is 0.902. The summed E-state index contributed by atoms with van der Waals surface area (Å²) in [5.41, 5.74) is 5.69. The number of nitrogens with one attached hydrogen (secondary N) is 1. The number of nitrogen functional groups attached to an aromatic ring is 1. The first-order valence-electron chi connectivity index (χ1n) is 5.85. The Kier molecular flexibility index (Phi) is 4.19. The number of nitrogens with two attached hydrogens (primary N) is 1. The van der Waals surface area contributed by atoms with Crippen LogP contribution in [0.2, 0.25) is 5.02 Å². The molecule has 0 aliphatic carbocycles. The lowest BCUT2D eigenvalue weighted by Gasteiger charge is -2.10. The number of benzene rings is 1. The van der Waals surface area contributed by atoms with Gasteiger partial charge in [-0.1, -0.05) is 17.7 Å². The first-order chi connectivity index (χ1) is 9.45. The molecule has 6 nitrogen and oxygen atoms in total. The highest BCUT2D eigenvalue weighted by Gasteiger charge is 2.11. The van der Waals surface area contributed by atoms with Gasteiger partial charge in [0, 0.05) is 0 Å². The maximum absolute atomic E-state index is 13.8. The molecule has 3 N–H and O–H groups in total. The number of hydrogen-bond donors (Lipinski definition) is 2. The maximum Gasteiger partial charge on any atom is 0.323 e. The molecular formula is C12H13ClFN5O. The van der Waals surface area contributed by atoms with Crippen molar-refractivity contribution in [1.82, 2.24) is 15.0 Å². The highest BCUT2D eigenvalue weighted by atomic mass is 35.5. The fourth-order valence-electron chi connectivity index (χ4n) is 1.41. The van der Waals surface area contributed by atoms with Crippen LogP contribution in [0.5, 0.6) is 6.01 Å². The van der Waals surface area contributed by atoms with Crippen molar-refractivity contribution in [2.45, 2.75) is 20.0 Å². The van der Waals surface area contributed by atoms with Crippen LogP contribution in [0.15, 0.2) is 18.2 Å². The molecule has 0 bridgehead atoms. The van der Waals surface area contributed by atoms with Gasteiger partial charge in [0.25, 0.3) is 0 Å². The zero-order chi connectivity index (χ0) is 14.7. The van der Waals surface area contributed by atoms with Crippen LogP contribution in [-0.2, 0) is 0 Å². The number of nitrogens with zero attached hydrogens (tertiary/aromatic N) is 3. The van der Waals surface area contributed by atoms with Gasteiger partial charge in [-0.25, -0.2) is 4.39 Å². The molecule has 0 radical (unpaired) electrons. The topological polar surface area (TPSA) is 86.0 Å². The Morgan fingerprint density at radius 1 is 1.30 bits per heavy atom. The molecule has 8 heteroatoms. The third-order valence-electron chi connectivity index (χ3n) is 2.17. The molecule has 0 atom stereocenters. The van der Waals surface area contributed by atoms with Crippen molar-refractivity contribution in [3.05, 3.63) is 29.0 Å². The lowest BCUT2D eigenvalue weighted by Crippen LogP contribution is -2.12. The summed E-state index contributed by atoms with van der Waals surface area (Å²) in [6.07, 6.45) is -0.118. The second-order valence-corrected chi connectivity index (χ2v) is 4.60. The molecule has 0 aliphatic heterocycles. The number of rotatable bonds is 4. The van der Waals surface area contributed by atoms with Crippen LogP contribution in [0.25, 0.3) is 0 Å². The maximum atomic E-state index is 13.8. The van der Waals surface area contributed by atoms with Gasteiger partial charge in [0.1, 0.15) is 0 Å². The van der Waals surface area contributed by atoms with E-state index in [0.717, 1.165) is 0 Å². The molecule has 2 rings (SSSR count). The van der Waals surface area contributed by atoms with Crippen LogP contribution in [-0.4, -0.2) is 21.1 Å². The van der Waals surface area contributed by atoms with E-state index in [9.17, 15) is 4.39 Å². The van der Waals surface area contributed by atoms with E-state index in [-0.39, 0.29) is 34.7 Å². The predicted molar refractivity (Wildman–Crippen MR) is 74.7 cm³/mol. The highest BCUT2D eigenvalue weighted by Crippen LogP contribution is 2.24. The number of anilines is 3. The Hall–Kier alpha value is -2.15. The molecule has 1 heterocycles. The van der Waals surface area contributed by atoms with Gasteiger partial charge in [-0.2, -0.15) is 15.0 Å². The van der Waals surface area contributed by atoms with E-state index in [0.29, 0.717) is 0 Å². The smallest absolute Gasteiger partial charge is 0.323 e. The summed E-state index contributed by atoms with van der Waals surface area (Å²) in [5.74, 6) is -0.547. The highest BCUT2D eigenvalue weighted by molar-refractivity contribution is 6.31. The van der Waals surface area contributed by atoms with Crippen molar-refractivity contribution in [2.75, 3.05) is 11.1 Å². The fourth-order valence-corrected chi connectivity index (χ4v) is 1.59. The SMILES string of the molecule is CC(C)Oc1nc(N)nc(Nc2cccc(Cl)c2F)n1. The number of aromatic nitrogens is 3. The van der Waals surface area contributed by atoms with Crippen LogP contribution in [0, 0.1) is 5.82 Å². The van der Waals surface area contributed by atoms with Gasteiger partial charge in [-0.15, -0.1) is 0 Å². The van der Waals surface area contributed by atoms with Gasteiger partial charge in [0.2, 0.25) is 11.9 Å². The lowest BCUT2D eigenvalue weighted by atomic mass is 10.3. The fraction of sp³-hybridized carbons (Fsp3) is 0.250. The summed E-state index contributed by atoms with van der Waals surface area (Å²) in [7, 11) is 0. The Labute approximate surface area is 120 Å². The molecule has 0 aliphatic rings. The minimum Gasteiger partial charge on any atom is -0.461 e. The Morgan fingerprint density at radius 3 is 2.75 bits per heavy atom. The van der Waals surface area contributed by atoms with E-state index < -0.39 is 5.82 Å². The summed E-state index contributed by atoms with van der Waals surface area (Å²) in [5, 5.41) is 2.68. The molecule has 0 amide bonds. The van der Waals surface area contributed by atoms with E-state index in [2.05, 4.69) is 20.3 Å². The predicted octanol–water partition coefficient (Wildman–Crippen LogP) is 2.78. The molecule has 1 aromatic heterocycles. The van der Waals surface area contributed by atoms with Crippen molar-refractivity contribution >= 4 is 29.2 Å². The Bertz CT molecular complexity index is 623. The van der Waals surface area contributed by atoms with Crippen molar-refractivity contribution in [3.63, 3.8) is 0 Å². The molecule has 106 valence electrons. The van der Waals surface area contributed by atoms with E-state index in [1.807, 2.05) is 13.8 Å². The van der Waals surface area contributed by atoms with Gasteiger partial charge in [0.15, 0.2) is 5.82 Å². The van der Waals surface area contributed by atoms with Crippen LogP contribution >= 0.6 is 11.6 Å². The van der Waals surface area contributed by atoms with Crippen molar-refractivity contribution < 1.29 is 9.13 Å². The van der Waals surface area contributed by atoms with Crippen molar-refractivity contribution in [2.24, 2.45) is 0 Å². The van der Waals surface area contributed by atoms with E-state index in [4.69, 9.17) is 22.1 Å². The summed E-state index contributed by atoms with van der Waals surface area (Å²) in [4.78, 5) is 11.7. The summed E-state index contributed by atoms with van der Waals surface area (Å²) in [6, 6.07) is 4.61. The van der Waals surface area contributed by atoms with Crippen molar-refractivity contribution in [1.29, 1.82) is 0 Å². The summed E-state index contributed by atoms with van der Waals surface area (Å²) >= 11 is 5.69. The molecule has 0 saturated heterocycles. The molecular weight excluding hydrogens is 285 g/mol. The zero-order valence-corrected chi connectivity index (χ0v) is 11.6. The van der Waals surface area contributed by atoms with Crippen LogP contribution in [0.3, 0.4) is 0 Å². The number of halogens is 2. The average molecular weight is 298 g/mol. The van der Waals surface area contributed by atoms with Gasteiger partial charge in [0.05, 0.1) is 16.8 Å². The Morgan fingerprint density at radius 2 is 2.05 bits per heavy atom. The zero-order valence-electron chi connectivity index (χ0n) is 10.9. The van der Waals surface area contributed by atoms with Gasteiger partial charge < -0.3 is 15.8 Å². The first-order valence-corrected chi connectivity index (χ1v) is 6.22. The molecule has 20 heavy (non-hydrogen) atoms. The largest absolute Gasteiger partial charge is 0.461 e. The van der Waals surface area contributed by atoms with Crippen LogP contribution in [0.4, 0.5) is 22.0 Å². The van der Waals surface area contributed by atoms with Gasteiger partial charge >= 0.3 is 6.01 Å². The third-order valence-corrected chi connectivity index (χ3v) is 2.46. The normalized spacial score (nSPS) is 10.7. The lowest BCUT2D eigenvalue weighted by molar-refractivity contribution is 0.222. The average Bonchev–Trinajstić information content (AvgIpc) is 2.33.